The van der Waals surface area contributed by atoms with Gasteiger partial charge in [-0.2, -0.15) is 0 Å². The van der Waals surface area contributed by atoms with Crippen molar-refractivity contribution in [1.82, 2.24) is 10.6 Å². The van der Waals surface area contributed by atoms with Gasteiger partial charge >= 0.3 is 18.0 Å². The van der Waals surface area contributed by atoms with Gasteiger partial charge in [0.05, 0.1) is 19.6 Å². The second-order valence-corrected chi connectivity index (χ2v) is 9.39. The lowest BCUT2D eigenvalue weighted by molar-refractivity contribution is -0.156. The van der Waals surface area contributed by atoms with Crippen LogP contribution in [0.15, 0.2) is 30.3 Å². The van der Waals surface area contributed by atoms with Gasteiger partial charge in [-0.15, -0.1) is 0 Å². The number of nitrogens with one attached hydrogen (secondary N) is 2. The molecule has 2 amide bonds. The van der Waals surface area contributed by atoms with Crippen LogP contribution in [0.25, 0.3) is 0 Å². The van der Waals surface area contributed by atoms with E-state index in [4.69, 9.17) is 14.2 Å². The lowest BCUT2D eigenvalue weighted by Crippen LogP contribution is -2.54. The maximum atomic E-state index is 12.8. The molecule has 0 bridgehead atoms. The van der Waals surface area contributed by atoms with Crippen molar-refractivity contribution < 1.29 is 38.5 Å². The van der Waals surface area contributed by atoms with E-state index in [1.807, 2.05) is 30.3 Å². The van der Waals surface area contributed by atoms with Crippen LogP contribution in [0.1, 0.15) is 53.5 Å². The van der Waals surface area contributed by atoms with Gasteiger partial charge in [-0.3, -0.25) is 9.59 Å². The number of hydrogen-bond acceptors (Lipinski definition) is 7. The molecule has 2 atom stereocenters. The third-order valence-electron chi connectivity index (χ3n) is 3.81. The summed E-state index contributed by atoms with van der Waals surface area (Å²) < 4.78 is 15.8. The fourth-order valence-electron chi connectivity index (χ4n) is 2.52. The molecule has 0 aliphatic heterocycles. The molecule has 0 fully saturated rings. The predicted molar refractivity (Wildman–Crippen MR) is 119 cm³/mol. The summed E-state index contributed by atoms with van der Waals surface area (Å²) in [7, 11) is 0. The second kappa shape index (κ2) is 12.2. The van der Waals surface area contributed by atoms with Crippen LogP contribution >= 0.6 is 0 Å². The average Bonchev–Trinajstić information content (AvgIpc) is 2.64. The number of ether oxygens (including phenoxy) is 3. The zero-order valence-corrected chi connectivity index (χ0v) is 20.0. The molecule has 10 heteroatoms. The Morgan fingerprint density at radius 1 is 0.879 bits per heavy atom. The van der Waals surface area contributed by atoms with Crippen LogP contribution in [0.3, 0.4) is 0 Å². The Labute approximate surface area is 194 Å². The highest BCUT2D eigenvalue weighted by Crippen LogP contribution is 2.11. The van der Waals surface area contributed by atoms with Crippen molar-refractivity contribution in [2.24, 2.45) is 0 Å². The minimum Gasteiger partial charge on any atom is -0.480 e. The molecule has 0 unspecified atom stereocenters. The third-order valence-corrected chi connectivity index (χ3v) is 3.81. The van der Waals surface area contributed by atoms with Crippen LogP contribution in [0.4, 0.5) is 4.79 Å². The number of aliphatic carboxylic acids is 1. The number of carboxylic acid groups (broad SMARTS) is 1. The van der Waals surface area contributed by atoms with Crippen molar-refractivity contribution in [2.75, 3.05) is 6.61 Å². The van der Waals surface area contributed by atoms with Crippen LogP contribution in [0.5, 0.6) is 0 Å². The van der Waals surface area contributed by atoms with Gasteiger partial charge in [0.25, 0.3) is 0 Å². The first-order chi connectivity index (χ1) is 15.2. The zero-order valence-electron chi connectivity index (χ0n) is 20.0. The predicted octanol–water partition coefficient (Wildman–Crippen LogP) is 2.40. The molecular weight excluding hydrogens is 432 g/mol. The topological polar surface area (TPSA) is 140 Å². The molecule has 1 aromatic rings. The average molecular weight is 467 g/mol. The van der Waals surface area contributed by atoms with Crippen LogP contribution in [0, 0.1) is 0 Å². The number of carbonyl (C=O) groups is 4. The number of rotatable bonds is 10. The molecule has 0 radical (unpaired) electrons. The van der Waals surface area contributed by atoms with Gasteiger partial charge in [0, 0.05) is 0 Å². The van der Waals surface area contributed by atoms with E-state index in [-0.39, 0.29) is 13.2 Å². The van der Waals surface area contributed by atoms with Crippen molar-refractivity contribution >= 4 is 23.9 Å². The van der Waals surface area contributed by atoms with Gasteiger partial charge in [0.2, 0.25) is 5.91 Å². The van der Waals surface area contributed by atoms with Crippen LogP contribution in [-0.2, 0) is 35.2 Å². The third kappa shape index (κ3) is 12.5. The number of benzene rings is 1. The van der Waals surface area contributed by atoms with E-state index in [0.717, 1.165) is 5.56 Å². The standard InChI is InChI=1S/C23H34N2O8/c1-22(2,3)32-18(26)12-16(25-21(30)33-23(4,5)6)19(27)24-17(20(28)29)14-31-13-15-10-8-7-9-11-15/h7-11,16-17H,12-14H2,1-6H3,(H,24,27)(H,25,30)(H,28,29)/t16-,17+/m0/s1. The molecule has 10 nitrogen and oxygen atoms in total. The van der Waals surface area contributed by atoms with Gasteiger partial charge in [-0.25, -0.2) is 9.59 Å². The lowest BCUT2D eigenvalue weighted by Gasteiger charge is -2.25. The van der Waals surface area contributed by atoms with E-state index in [0.29, 0.717) is 0 Å². The summed E-state index contributed by atoms with van der Waals surface area (Å²) in [6, 6.07) is 6.30. The fourth-order valence-corrected chi connectivity index (χ4v) is 2.52. The Kier molecular flexibility index (Phi) is 10.3. The minimum atomic E-state index is -1.41. The Bertz CT molecular complexity index is 782. The van der Waals surface area contributed by atoms with E-state index in [9.17, 15) is 24.3 Å². The maximum Gasteiger partial charge on any atom is 0.408 e. The lowest BCUT2D eigenvalue weighted by atomic mass is 10.1. The summed E-state index contributed by atoms with van der Waals surface area (Å²) in [5, 5.41) is 14.1. The number of alkyl carbamates (subject to hydrolysis) is 1. The second-order valence-electron chi connectivity index (χ2n) is 9.39. The highest BCUT2D eigenvalue weighted by Gasteiger charge is 2.31. The number of esters is 1. The maximum absolute atomic E-state index is 12.8. The normalized spacial score (nSPS) is 13.4. The van der Waals surface area contributed by atoms with E-state index >= 15 is 0 Å². The van der Waals surface area contributed by atoms with Gasteiger partial charge in [-0.1, -0.05) is 30.3 Å². The Balaban J connectivity index is 2.84. The quantitative estimate of drug-likeness (QED) is 0.447. The van der Waals surface area contributed by atoms with Crippen molar-refractivity contribution in [1.29, 1.82) is 0 Å². The molecule has 0 heterocycles. The Morgan fingerprint density at radius 3 is 1.97 bits per heavy atom. The molecule has 0 spiro atoms. The molecule has 0 aliphatic rings. The van der Waals surface area contributed by atoms with Crippen molar-refractivity contribution in [2.45, 2.75) is 77.9 Å². The number of carboxylic acids is 1. The molecular formula is C23H34N2O8. The summed E-state index contributed by atoms with van der Waals surface area (Å²) in [6.45, 7) is 9.73. The number of amides is 2. The smallest absolute Gasteiger partial charge is 0.408 e. The van der Waals surface area contributed by atoms with E-state index in [1.54, 1.807) is 41.5 Å². The van der Waals surface area contributed by atoms with Gasteiger partial charge in [-0.05, 0) is 47.1 Å². The van der Waals surface area contributed by atoms with Gasteiger partial charge in [0.15, 0.2) is 6.04 Å². The van der Waals surface area contributed by atoms with Crippen LogP contribution < -0.4 is 10.6 Å². The summed E-state index contributed by atoms with van der Waals surface area (Å²) in [4.78, 5) is 48.8. The molecule has 0 aromatic heterocycles. The van der Waals surface area contributed by atoms with Crippen molar-refractivity contribution in [3.8, 4) is 0 Å². The molecule has 0 saturated carbocycles. The summed E-state index contributed by atoms with van der Waals surface area (Å²) in [5.41, 5.74) is -0.812. The molecule has 3 N–H and O–H groups in total. The SMILES string of the molecule is CC(C)(C)OC(=O)C[C@H](NC(=O)OC(C)(C)C)C(=O)N[C@H](COCc1ccccc1)C(=O)O. The number of hydrogen-bond donors (Lipinski definition) is 3. The molecule has 1 aromatic carbocycles. The largest absolute Gasteiger partial charge is 0.480 e. The highest BCUT2D eigenvalue weighted by atomic mass is 16.6. The number of carbonyl (C=O) groups excluding carboxylic acids is 3. The van der Waals surface area contributed by atoms with Crippen molar-refractivity contribution in [3.63, 3.8) is 0 Å². The minimum absolute atomic E-state index is 0.151. The van der Waals surface area contributed by atoms with Crippen molar-refractivity contribution in [3.05, 3.63) is 35.9 Å². The summed E-state index contributed by atoms with van der Waals surface area (Å²) in [5.74, 6) is -2.96. The summed E-state index contributed by atoms with van der Waals surface area (Å²) in [6.07, 6.45) is -1.45. The van der Waals surface area contributed by atoms with E-state index in [2.05, 4.69) is 10.6 Å². The molecule has 1 rings (SSSR count). The highest BCUT2D eigenvalue weighted by molar-refractivity contribution is 5.92. The van der Waals surface area contributed by atoms with Crippen LogP contribution in [0.2, 0.25) is 0 Å². The first-order valence-electron chi connectivity index (χ1n) is 10.5. The van der Waals surface area contributed by atoms with Crippen LogP contribution in [-0.4, -0.2) is 58.9 Å². The van der Waals surface area contributed by atoms with Gasteiger partial charge in [0.1, 0.15) is 17.2 Å². The van der Waals surface area contributed by atoms with E-state index < -0.39 is 53.6 Å². The first-order valence-corrected chi connectivity index (χ1v) is 10.5. The fraction of sp³-hybridized carbons (Fsp3) is 0.565. The zero-order chi connectivity index (χ0) is 25.2. The Hall–Kier alpha value is -3.14. The molecule has 33 heavy (non-hydrogen) atoms. The summed E-state index contributed by atoms with van der Waals surface area (Å²) >= 11 is 0. The van der Waals surface area contributed by atoms with Gasteiger partial charge < -0.3 is 30.0 Å². The molecule has 0 aliphatic carbocycles. The Morgan fingerprint density at radius 2 is 1.45 bits per heavy atom. The molecule has 0 saturated heterocycles. The van der Waals surface area contributed by atoms with E-state index in [1.165, 1.54) is 0 Å². The monoisotopic (exact) mass is 466 g/mol. The first kappa shape index (κ1) is 27.9. The molecule has 184 valence electrons.